The Labute approximate surface area is 141 Å². The van der Waals surface area contributed by atoms with Gasteiger partial charge in [-0.3, -0.25) is 0 Å². The van der Waals surface area contributed by atoms with Crippen LogP contribution in [0.4, 0.5) is 9.18 Å². The van der Waals surface area contributed by atoms with Crippen molar-refractivity contribution in [3.8, 4) is 0 Å². The van der Waals surface area contributed by atoms with Crippen LogP contribution in [0.5, 0.6) is 0 Å². The molecule has 0 aromatic heterocycles. The van der Waals surface area contributed by atoms with E-state index in [9.17, 15) is 9.18 Å². The number of carbonyl (C=O) groups excluding carboxylic acids is 1. The van der Waals surface area contributed by atoms with E-state index in [0.29, 0.717) is 6.04 Å². The zero-order valence-corrected chi connectivity index (χ0v) is 14.7. The molecule has 0 heterocycles. The molecule has 6 heteroatoms. The molecule has 1 aromatic carbocycles. The van der Waals surface area contributed by atoms with Crippen molar-refractivity contribution in [2.24, 2.45) is 0 Å². The first-order valence-electron chi connectivity index (χ1n) is 7.84. The Hall–Kier alpha value is -1.33. The quantitative estimate of drug-likeness (QED) is 0.862. The molecule has 1 unspecified atom stereocenters. The molecule has 1 amide bonds. The van der Waals surface area contributed by atoms with Crippen molar-refractivity contribution in [1.82, 2.24) is 10.6 Å². The number of halogens is 2. The monoisotopic (exact) mass is 342 g/mol. The van der Waals surface area contributed by atoms with E-state index in [1.165, 1.54) is 6.07 Å². The second kappa shape index (κ2) is 7.05. The Bertz CT molecular complexity index is 568. The third-order valence-corrected chi connectivity index (χ3v) is 4.09. The smallest absolute Gasteiger partial charge is 0.407 e. The minimum atomic E-state index is -0.487. The fraction of sp³-hybridized carbons (Fsp3) is 0.588. The van der Waals surface area contributed by atoms with Gasteiger partial charge in [-0.15, -0.1) is 0 Å². The van der Waals surface area contributed by atoms with Gasteiger partial charge in [0.05, 0.1) is 5.02 Å². The molecule has 2 rings (SSSR count). The summed E-state index contributed by atoms with van der Waals surface area (Å²) in [5, 5.41) is 6.41. The van der Waals surface area contributed by atoms with E-state index in [1.54, 1.807) is 6.07 Å². The molecule has 1 aromatic rings. The van der Waals surface area contributed by atoms with Gasteiger partial charge in [0, 0.05) is 18.1 Å². The van der Waals surface area contributed by atoms with E-state index in [-0.39, 0.29) is 23.2 Å². The van der Waals surface area contributed by atoms with Gasteiger partial charge < -0.3 is 15.4 Å². The average Bonchev–Trinajstić information content (AvgIpc) is 2.37. The second-order valence-electron chi connectivity index (χ2n) is 7.07. The van der Waals surface area contributed by atoms with Gasteiger partial charge >= 0.3 is 6.09 Å². The predicted molar refractivity (Wildman–Crippen MR) is 89.1 cm³/mol. The summed E-state index contributed by atoms with van der Waals surface area (Å²) in [4.78, 5) is 11.7. The van der Waals surface area contributed by atoms with Crippen LogP contribution < -0.4 is 10.6 Å². The largest absolute Gasteiger partial charge is 0.444 e. The Kier molecular flexibility index (Phi) is 5.53. The van der Waals surface area contributed by atoms with E-state index in [4.69, 9.17) is 16.3 Å². The molecule has 1 aliphatic rings. The van der Waals surface area contributed by atoms with Crippen LogP contribution in [0.25, 0.3) is 0 Å². The lowest BCUT2D eigenvalue weighted by Gasteiger charge is -2.38. The lowest BCUT2D eigenvalue weighted by Crippen LogP contribution is -2.53. The molecule has 2 N–H and O–H groups in total. The van der Waals surface area contributed by atoms with Crippen LogP contribution in [-0.2, 0) is 4.74 Å². The highest BCUT2D eigenvalue weighted by molar-refractivity contribution is 6.30. The molecule has 0 radical (unpaired) electrons. The van der Waals surface area contributed by atoms with Gasteiger partial charge in [0.25, 0.3) is 0 Å². The van der Waals surface area contributed by atoms with Crippen molar-refractivity contribution < 1.29 is 13.9 Å². The summed E-state index contributed by atoms with van der Waals surface area (Å²) in [6.07, 6.45) is 1.29. The fourth-order valence-electron chi connectivity index (χ4n) is 2.58. The molecule has 0 bridgehead atoms. The third-order valence-electron chi connectivity index (χ3n) is 3.79. The Balaban J connectivity index is 1.75. The molecule has 0 spiro atoms. The molecule has 4 nitrogen and oxygen atoms in total. The fourth-order valence-corrected chi connectivity index (χ4v) is 2.70. The normalized spacial score (nSPS) is 22.2. The van der Waals surface area contributed by atoms with E-state index in [2.05, 4.69) is 10.6 Å². The third kappa shape index (κ3) is 5.36. The molecular weight excluding hydrogens is 319 g/mol. The summed E-state index contributed by atoms with van der Waals surface area (Å²) >= 11 is 5.70. The molecule has 0 saturated heterocycles. The highest BCUT2D eigenvalue weighted by atomic mass is 35.5. The van der Waals surface area contributed by atoms with Crippen molar-refractivity contribution in [2.75, 3.05) is 0 Å². The summed E-state index contributed by atoms with van der Waals surface area (Å²) in [6, 6.07) is 5.28. The van der Waals surface area contributed by atoms with Crippen LogP contribution in [0.3, 0.4) is 0 Å². The van der Waals surface area contributed by atoms with Crippen LogP contribution in [-0.4, -0.2) is 23.8 Å². The van der Waals surface area contributed by atoms with Crippen molar-refractivity contribution >= 4 is 17.7 Å². The zero-order chi connectivity index (χ0) is 17.2. The predicted octanol–water partition coefficient (Wildman–Crippen LogP) is 4.19. The number of benzene rings is 1. The molecule has 1 atom stereocenters. The van der Waals surface area contributed by atoms with Crippen molar-refractivity contribution in [3.05, 3.63) is 34.6 Å². The van der Waals surface area contributed by atoms with Crippen LogP contribution in [0.1, 0.15) is 52.1 Å². The number of ether oxygens (including phenoxy) is 1. The molecule has 128 valence electrons. The summed E-state index contributed by atoms with van der Waals surface area (Å²) in [5.74, 6) is -0.407. The maximum Gasteiger partial charge on any atom is 0.407 e. The molecule has 1 fully saturated rings. The molecule has 1 aliphatic carbocycles. The number of nitrogens with one attached hydrogen (secondary N) is 2. The summed E-state index contributed by atoms with van der Waals surface area (Å²) in [6.45, 7) is 7.50. The first kappa shape index (κ1) is 18.0. The van der Waals surface area contributed by atoms with Gasteiger partial charge in [0.1, 0.15) is 11.4 Å². The standard InChI is InChI=1S/C17H24ClFN2O2/c1-10(11-5-6-14(18)15(19)7-11)20-12-8-13(9-12)21-16(22)23-17(2,3)4/h5-7,10,12-13,20H,8-9H2,1-4H3,(H,21,22). The second-order valence-corrected chi connectivity index (χ2v) is 7.48. The van der Waals surface area contributed by atoms with E-state index < -0.39 is 11.4 Å². The van der Waals surface area contributed by atoms with Gasteiger partial charge in [0.2, 0.25) is 0 Å². The number of rotatable bonds is 4. The van der Waals surface area contributed by atoms with Crippen LogP contribution in [0.2, 0.25) is 5.02 Å². The van der Waals surface area contributed by atoms with E-state index >= 15 is 0 Å². The van der Waals surface area contributed by atoms with Crippen molar-refractivity contribution in [1.29, 1.82) is 0 Å². The first-order valence-corrected chi connectivity index (χ1v) is 8.22. The van der Waals surface area contributed by atoms with E-state index in [1.807, 2.05) is 33.8 Å². The lowest BCUT2D eigenvalue weighted by atomic mass is 9.86. The van der Waals surface area contributed by atoms with Gasteiger partial charge in [-0.2, -0.15) is 0 Å². The summed E-state index contributed by atoms with van der Waals surface area (Å²) in [7, 11) is 0. The summed E-state index contributed by atoms with van der Waals surface area (Å²) in [5.41, 5.74) is 0.369. The highest BCUT2D eigenvalue weighted by Crippen LogP contribution is 2.26. The molecule has 0 aliphatic heterocycles. The topological polar surface area (TPSA) is 50.4 Å². The number of hydrogen-bond donors (Lipinski definition) is 2. The van der Waals surface area contributed by atoms with Crippen molar-refractivity contribution in [2.45, 2.75) is 64.3 Å². The first-order chi connectivity index (χ1) is 10.6. The lowest BCUT2D eigenvalue weighted by molar-refractivity contribution is 0.0463. The number of amides is 1. The van der Waals surface area contributed by atoms with Crippen molar-refractivity contribution in [3.63, 3.8) is 0 Å². The Morgan fingerprint density at radius 3 is 2.57 bits per heavy atom. The minimum Gasteiger partial charge on any atom is -0.444 e. The molecular formula is C17H24ClFN2O2. The number of hydrogen-bond acceptors (Lipinski definition) is 3. The van der Waals surface area contributed by atoms with Gasteiger partial charge in [-0.05, 0) is 58.2 Å². The zero-order valence-electron chi connectivity index (χ0n) is 14.0. The van der Waals surface area contributed by atoms with Gasteiger partial charge in [0.15, 0.2) is 0 Å². The molecule has 1 saturated carbocycles. The Morgan fingerprint density at radius 2 is 2.00 bits per heavy atom. The minimum absolute atomic E-state index is 0.0224. The average molecular weight is 343 g/mol. The van der Waals surface area contributed by atoms with Crippen LogP contribution in [0, 0.1) is 5.82 Å². The van der Waals surface area contributed by atoms with E-state index in [0.717, 1.165) is 18.4 Å². The van der Waals surface area contributed by atoms with Gasteiger partial charge in [-0.1, -0.05) is 17.7 Å². The highest BCUT2D eigenvalue weighted by Gasteiger charge is 2.32. The molecule has 23 heavy (non-hydrogen) atoms. The maximum absolute atomic E-state index is 13.5. The van der Waals surface area contributed by atoms with Crippen LogP contribution >= 0.6 is 11.6 Å². The Morgan fingerprint density at radius 1 is 1.35 bits per heavy atom. The van der Waals surface area contributed by atoms with Gasteiger partial charge in [-0.25, -0.2) is 9.18 Å². The summed E-state index contributed by atoms with van der Waals surface area (Å²) < 4.78 is 18.7. The SMILES string of the molecule is CC(NC1CC(NC(=O)OC(C)(C)C)C1)c1ccc(Cl)c(F)c1. The number of alkyl carbamates (subject to hydrolysis) is 1. The van der Waals surface area contributed by atoms with Crippen LogP contribution in [0.15, 0.2) is 18.2 Å². The number of carbonyl (C=O) groups is 1. The maximum atomic E-state index is 13.5.